The van der Waals surface area contributed by atoms with Crippen LogP contribution in [-0.2, 0) is 45.8 Å². The fourth-order valence-corrected chi connectivity index (χ4v) is 14.7. The summed E-state index contributed by atoms with van der Waals surface area (Å²) in [5.41, 5.74) is 2.92. The van der Waals surface area contributed by atoms with E-state index in [0.29, 0.717) is 0 Å². The Hall–Kier alpha value is -1.27. The van der Waals surface area contributed by atoms with Gasteiger partial charge < -0.3 is 38.6 Å². The highest BCUT2D eigenvalue weighted by Gasteiger charge is 2.57. The number of hydrogen-bond acceptors (Lipinski definition) is 14. The average molecular weight is 1780 g/mol. The zero-order chi connectivity index (χ0) is 87.8. The van der Waals surface area contributed by atoms with Crippen molar-refractivity contribution in [2.24, 2.45) is 0 Å². The minimum absolute atomic E-state index is 0. The molecular weight excluding hydrogens is 1690 g/mol. The molecular formula is C57H86B40Br4N10O7. The van der Waals surface area contributed by atoms with Crippen molar-refractivity contribution in [1.29, 1.82) is 0 Å². The number of hydrogen-bond donors (Lipinski definition) is 1. The molecule has 1 N–H and O–H groups in total. The number of carbonyl (C=O) groups excluding carboxylic acids is 3. The van der Waals surface area contributed by atoms with E-state index in [0.717, 1.165) is 164 Å². The Bertz CT molecular complexity index is 3290. The second kappa shape index (κ2) is 56.8. The summed E-state index contributed by atoms with van der Waals surface area (Å²) in [4.78, 5) is 58.5. The molecule has 9 rings (SSSR count). The zero-order valence-electron chi connectivity index (χ0n) is 68.5. The molecule has 5 aliphatic rings. The number of piperazine rings is 3. The Labute approximate surface area is 778 Å². The topological polar surface area (TPSA) is 168 Å². The van der Waals surface area contributed by atoms with Crippen molar-refractivity contribution in [1.82, 2.24) is 49.8 Å². The van der Waals surface area contributed by atoms with Crippen LogP contribution in [0.3, 0.4) is 0 Å². The van der Waals surface area contributed by atoms with Crippen LogP contribution in [0.15, 0.2) is 110 Å². The van der Waals surface area contributed by atoms with Crippen molar-refractivity contribution < 1.29 is 33.0 Å². The summed E-state index contributed by atoms with van der Waals surface area (Å²) in [6.07, 6.45) is -6.46. The van der Waals surface area contributed by atoms with Crippen LogP contribution in [0.25, 0.3) is 6.08 Å². The molecule has 17 nitrogen and oxygen atoms in total. The normalized spacial score (nSPS) is 15.7. The first kappa shape index (κ1) is 115. The lowest BCUT2D eigenvalue weighted by molar-refractivity contribution is -0.120. The molecule has 0 aromatic carbocycles. The maximum absolute atomic E-state index is 10.7. The lowest BCUT2D eigenvalue weighted by Crippen LogP contribution is -2.92. The third kappa shape index (κ3) is 38.3. The number of aromatic nitrogens is 4. The minimum atomic E-state index is -1.20. The van der Waals surface area contributed by atoms with Gasteiger partial charge in [0.25, 0.3) is 0 Å². The van der Waals surface area contributed by atoms with Crippen LogP contribution >= 0.6 is 63.7 Å². The smallest absolute Gasteiger partial charge is 0.400 e. The standard InChI is InChI=1S/C18H28BN3O3.C12H16BrN3O.C8H15BO2.C7H6BrN.C5H3Br2N.C5H10N2O.2CH4.B38/c1-17(2)18(3,4)25-19(24-17)15-5-6-16(20-13-15)7-8-21-9-11-22(14-23)12-10-21;13-11-1-2-12(14-9-11)3-4-15-5-7-16(10-17)8-6-15;1-6-9-10-7(2,3)8(4,5)11-9;1-2-7-4-3-6(8)5-9-7;6-4-1-2-5(7)8-3-4;8-5-7-3-1-6-2-4-7;;;1-21(2)31(22(3)4)36(32(23(5)6)24(7)8)38(35(29(17)18)30(19)20)37(33(25(9)10)26(11)12)34(27(13)14)28(15)16/h5-6,13-14H,7-12H2,1-4H3;1-2,9-10H,3-8H2;6H,1H2,2-5H3;2-5H,1H2;1-3H;5-6H,1-4H2;2*1H4;. The monoisotopic (exact) mass is 1780 g/mol. The van der Waals surface area contributed by atoms with Crippen LogP contribution in [0.2, 0.25) is 0 Å². The molecule has 3 amide bonds. The molecule has 5 aliphatic heterocycles. The van der Waals surface area contributed by atoms with Gasteiger partial charge in [0.05, 0.1) is 28.1 Å². The van der Waals surface area contributed by atoms with Crippen LogP contribution in [-0.4, -0.2) is 462 Å². The maximum atomic E-state index is 10.7. The Morgan fingerprint density at radius 2 is 0.695 bits per heavy atom. The highest BCUT2D eigenvalue weighted by Crippen LogP contribution is 2.38. The fraction of sp³-hybridized carbons (Fsp3) is 0.526. The van der Waals surface area contributed by atoms with E-state index in [-0.39, 0.29) is 51.5 Å². The van der Waals surface area contributed by atoms with E-state index in [1.165, 1.54) is 0 Å². The van der Waals surface area contributed by atoms with Gasteiger partial charge in [-0.1, -0.05) is 33.5 Å². The molecule has 9 heterocycles. The lowest BCUT2D eigenvalue weighted by Gasteiger charge is -2.53. The molecule has 0 atom stereocenters. The number of pyridine rings is 4. The van der Waals surface area contributed by atoms with E-state index in [2.05, 4.69) is 152 Å². The van der Waals surface area contributed by atoms with Crippen molar-refractivity contribution in [3.63, 3.8) is 0 Å². The average Bonchev–Trinajstić information content (AvgIpc) is 1.11. The molecule has 4 aromatic rings. The quantitative estimate of drug-likeness (QED) is 0.0311. The SMILES string of the molecule is Brc1ccc(Br)nc1.C.C.C=CB1OC(C)(C)C(C)(C)O1.C=Cc1ccc(Br)cn1.CC1(C)OB(c2ccc(CCN3CCN(C=O)CC3)nc2)OC1(C)C.O=CN1CCN(CCc2ccc(Br)cn2)CC1.O=CN1CCNCC1.[B]B([B])B(B([B])[B])B(B(B([B])[B])B([B])[B])B(B(B([B])[B])B([B])[B])B(B(B([B])[B])B([B])[B])B(B([B])[B])B([B])[B]. The van der Waals surface area contributed by atoms with E-state index in [1.54, 1.807) is 29.3 Å². The number of halogens is 4. The van der Waals surface area contributed by atoms with Gasteiger partial charge >= 0.3 is 14.2 Å². The van der Waals surface area contributed by atoms with Gasteiger partial charge in [0.1, 0.15) is 4.60 Å². The predicted molar refractivity (Wildman–Crippen MR) is 558 cm³/mol. The summed E-state index contributed by atoms with van der Waals surface area (Å²) >= 11 is 13.1. The van der Waals surface area contributed by atoms with E-state index in [1.807, 2.05) is 86.3 Å². The molecule has 118 heavy (non-hydrogen) atoms. The van der Waals surface area contributed by atoms with Gasteiger partial charge in [-0.3, -0.25) is 39.1 Å². The molecule has 554 valence electrons. The van der Waals surface area contributed by atoms with Crippen LogP contribution < -0.4 is 10.8 Å². The van der Waals surface area contributed by atoms with Gasteiger partial charge in [-0.15, -0.1) is 6.58 Å². The van der Waals surface area contributed by atoms with Crippen molar-refractivity contribution in [3.05, 3.63) is 128 Å². The Balaban J connectivity index is 0.000000745. The van der Waals surface area contributed by atoms with Crippen molar-refractivity contribution in [3.8, 4) is 0 Å². The number of carbonyl (C=O) groups is 3. The Morgan fingerprint density at radius 3 is 0.941 bits per heavy atom. The Morgan fingerprint density at radius 1 is 0.398 bits per heavy atom. The molecule has 5 fully saturated rings. The zero-order valence-corrected chi connectivity index (χ0v) is 74.9. The van der Waals surface area contributed by atoms with E-state index < -0.39 is 115 Å². The molecule has 0 aliphatic carbocycles. The van der Waals surface area contributed by atoms with Gasteiger partial charge in [0.2, 0.25) is 19.2 Å². The second-order valence-corrected chi connectivity index (χ2v) is 34.7. The molecule has 5 saturated heterocycles. The summed E-state index contributed by atoms with van der Waals surface area (Å²) in [6, 6.07) is 15.8. The Kier molecular flexibility index (Phi) is 55.3. The summed E-state index contributed by atoms with van der Waals surface area (Å²) in [5.74, 6) is 1.68. The molecule has 4 aromatic heterocycles. The van der Waals surface area contributed by atoms with E-state index in [4.69, 9.17) is 173 Å². The molecule has 0 unspecified atom stereocenters. The molecule has 61 heteroatoms. The van der Waals surface area contributed by atoms with Gasteiger partial charge in [-0.2, -0.15) is 0 Å². The van der Waals surface area contributed by atoms with Crippen LogP contribution in [0, 0.1) is 0 Å². The minimum Gasteiger partial charge on any atom is -0.400 e. The third-order valence-corrected chi connectivity index (χ3v) is 23.5. The van der Waals surface area contributed by atoms with E-state index in [9.17, 15) is 14.4 Å². The summed E-state index contributed by atoms with van der Waals surface area (Å²) in [5, 5.41) is 3.15. The summed E-state index contributed by atoms with van der Waals surface area (Å²) < 4.78 is 27.1. The van der Waals surface area contributed by atoms with Gasteiger partial charge in [-0.25, -0.2) is 4.98 Å². The largest absolute Gasteiger partial charge is 0.496 e. The van der Waals surface area contributed by atoms with Gasteiger partial charge in [0.15, 0.2) is 0 Å². The van der Waals surface area contributed by atoms with Crippen LogP contribution in [0.4, 0.5) is 0 Å². The fourth-order valence-electron chi connectivity index (χ4n) is 13.8. The van der Waals surface area contributed by atoms with Crippen molar-refractivity contribution in [2.45, 2.75) is 105 Å². The summed E-state index contributed by atoms with van der Waals surface area (Å²) in [7, 11) is 123. The number of nitrogens with zero attached hydrogens (tertiary/aromatic N) is 9. The van der Waals surface area contributed by atoms with Crippen molar-refractivity contribution in [2.75, 3.05) is 91.6 Å². The molecule has 0 bridgehead atoms. The number of nitrogens with one attached hydrogen (secondary N) is 1. The summed E-state index contributed by atoms with van der Waals surface area (Å²) in [6.45, 7) is 36.3. The van der Waals surface area contributed by atoms with E-state index >= 15 is 0 Å². The van der Waals surface area contributed by atoms with Crippen LogP contribution in [0.5, 0.6) is 0 Å². The van der Waals surface area contributed by atoms with Crippen molar-refractivity contribution >= 4 is 378 Å². The highest BCUT2D eigenvalue weighted by atomic mass is 79.9. The highest BCUT2D eigenvalue weighted by molar-refractivity contribution is 9.11. The molecule has 0 saturated carbocycles. The molecule has 0 spiro atoms. The maximum Gasteiger partial charge on any atom is 0.496 e. The first-order valence-electron chi connectivity index (χ1n) is 38.5. The number of rotatable bonds is 29. The number of amides is 3. The van der Waals surface area contributed by atoms with Gasteiger partial charge in [0, 0.05) is 429 Å². The second-order valence-electron chi connectivity index (χ2n) is 31.2. The first-order chi connectivity index (χ1) is 54.2. The lowest BCUT2D eigenvalue weighted by atomic mass is 8.28. The van der Waals surface area contributed by atoms with Gasteiger partial charge in [-0.05, 0) is 168 Å². The van der Waals surface area contributed by atoms with Crippen LogP contribution in [0.1, 0.15) is 87.3 Å². The predicted octanol–water partition coefficient (Wildman–Crippen LogP) is -5.39. The third-order valence-electron chi connectivity index (χ3n) is 21.6. The first-order valence-corrected chi connectivity index (χ1v) is 41.7. The molecule has 40 radical (unpaired) electrons.